The first-order valence-electron chi connectivity index (χ1n) is 6.93. The number of aromatic nitrogens is 2. The molecule has 2 N–H and O–H groups in total. The highest BCUT2D eigenvalue weighted by atomic mass is 15.2. The molecule has 0 saturated heterocycles. The lowest BCUT2D eigenvalue weighted by Crippen LogP contribution is -2.12. The highest BCUT2D eigenvalue weighted by Crippen LogP contribution is 2.40. The van der Waals surface area contributed by atoms with Gasteiger partial charge in [0.05, 0.1) is 11.0 Å². The van der Waals surface area contributed by atoms with Gasteiger partial charge in [-0.05, 0) is 37.3 Å². The number of hydrogen-bond acceptors (Lipinski definition) is 2. The van der Waals surface area contributed by atoms with E-state index in [1.807, 2.05) is 0 Å². The maximum atomic E-state index is 6.15. The van der Waals surface area contributed by atoms with Crippen LogP contribution in [0.3, 0.4) is 0 Å². The molecule has 1 aliphatic rings. The van der Waals surface area contributed by atoms with E-state index in [0.29, 0.717) is 12.0 Å². The molecule has 96 valence electrons. The number of imidazole rings is 1. The lowest BCUT2D eigenvalue weighted by molar-refractivity contribution is 0.442. The molecule has 1 aliphatic carbocycles. The molecule has 0 amide bonds. The van der Waals surface area contributed by atoms with Crippen LogP contribution in [0.5, 0.6) is 0 Å². The van der Waals surface area contributed by atoms with Gasteiger partial charge in [-0.1, -0.05) is 31.9 Å². The quantitative estimate of drug-likeness (QED) is 0.890. The van der Waals surface area contributed by atoms with E-state index >= 15 is 0 Å². The van der Waals surface area contributed by atoms with Crippen molar-refractivity contribution in [3.63, 3.8) is 0 Å². The minimum absolute atomic E-state index is 0.503. The Morgan fingerprint density at radius 3 is 2.89 bits per heavy atom. The summed E-state index contributed by atoms with van der Waals surface area (Å²) in [5.74, 6) is 1.59. The Kier molecular flexibility index (Phi) is 2.77. The van der Waals surface area contributed by atoms with Gasteiger partial charge in [0.1, 0.15) is 0 Å². The van der Waals surface area contributed by atoms with Crippen LogP contribution in [0.4, 0.5) is 5.95 Å². The number of benzene rings is 1. The Morgan fingerprint density at radius 2 is 2.22 bits per heavy atom. The normalized spacial score (nSPS) is 17.2. The Hall–Kier alpha value is -1.51. The predicted molar refractivity (Wildman–Crippen MR) is 75.6 cm³/mol. The Labute approximate surface area is 108 Å². The predicted octanol–water partition coefficient (Wildman–Crippen LogP) is 3.68. The van der Waals surface area contributed by atoms with Crippen molar-refractivity contribution in [2.24, 2.45) is 5.92 Å². The topological polar surface area (TPSA) is 43.8 Å². The van der Waals surface area contributed by atoms with Crippen LogP contribution in [-0.4, -0.2) is 9.55 Å². The van der Waals surface area contributed by atoms with E-state index in [2.05, 4.69) is 41.6 Å². The minimum atomic E-state index is 0.503. The van der Waals surface area contributed by atoms with Gasteiger partial charge < -0.3 is 10.3 Å². The van der Waals surface area contributed by atoms with Gasteiger partial charge in [-0.15, -0.1) is 0 Å². The summed E-state index contributed by atoms with van der Waals surface area (Å²) in [7, 11) is 0. The summed E-state index contributed by atoms with van der Waals surface area (Å²) in [6.45, 7) is 4.39. The fourth-order valence-corrected chi connectivity index (χ4v) is 2.90. The molecular weight excluding hydrogens is 222 g/mol. The summed E-state index contributed by atoms with van der Waals surface area (Å²) in [6.07, 6.45) is 5.16. The molecule has 3 nitrogen and oxygen atoms in total. The SMILES string of the molecule is CCC(CC1CC1)n1c(N)nc2cccc(C)c21. The third-order valence-corrected chi connectivity index (χ3v) is 4.08. The van der Waals surface area contributed by atoms with Crippen LogP contribution < -0.4 is 5.73 Å². The first kappa shape index (κ1) is 11.6. The van der Waals surface area contributed by atoms with Crippen LogP contribution in [0.1, 0.15) is 44.2 Å². The molecule has 18 heavy (non-hydrogen) atoms. The monoisotopic (exact) mass is 243 g/mol. The van der Waals surface area contributed by atoms with Gasteiger partial charge in [0, 0.05) is 6.04 Å². The van der Waals surface area contributed by atoms with E-state index in [1.165, 1.54) is 30.3 Å². The van der Waals surface area contributed by atoms with Crippen LogP contribution >= 0.6 is 0 Å². The van der Waals surface area contributed by atoms with Crippen molar-refractivity contribution in [2.45, 2.75) is 45.6 Å². The molecule has 0 aliphatic heterocycles. The van der Waals surface area contributed by atoms with Gasteiger partial charge >= 0.3 is 0 Å². The van der Waals surface area contributed by atoms with Crippen molar-refractivity contribution < 1.29 is 0 Å². The van der Waals surface area contributed by atoms with Crippen LogP contribution in [-0.2, 0) is 0 Å². The number of nitrogens with zero attached hydrogens (tertiary/aromatic N) is 2. The molecule has 1 fully saturated rings. The van der Waals surface area contributed by atoms with Crippen molar-refractivity contribution in [3.8, 4) is 0 Å². The molecule has 1 aromatic carbocycles. The molecule has 3 heteroatoms. The smallest absolute Gasteiger partial charge is 0.201 e. The number of nitrogens with two attached hydrogens (primary N) is 1. The summed E-state index contributed by atoms with van der Waals surface area (Å²) >= 11 is 0. The number of hydrogen-bond donors (Lipinski definition) is 1. The Morgan fingerprint density at radius 1 is 1.44 bits per heavy atom. The second-order valence-corrected chi connectivity index (χ2v) is 5.52. The average Bonchev–Trinajstić information content (AvgIpc) is 3.09. The summed E-state index contributed by atoms with van der Waals surface area (Å²) in [4.78, 5) is 4.51. The number of rotatable bonds is 4. The highest BCUT2D eigenvalue weighted by Gasteiger charge is 2.27. The first-order valence-corrected chi connectivity index (χ1v) is 6.93. The third-order valence-electron chi connectivity index (χ3n) is 4.08. The maximum Gasteiger partial charge on any atom is 0.201 e. The zero-order valence-corrected chi connectivity index (χ0v) is 11.2. The second kappa shape index (κ2) is 4.30. The summed E-state index contributed by atoms with van der Waals surface area (Å²) < 4.78 is 2.27. The van der Waals surface area contributed by atoms with Gasteiger partial charge in [0.25, 0.3) is 0 Å². The van der Waals surface area contributed by atoms with Crippen LogP contribution in [0.25, 0.3) is 11.0 Å². The van der Waals surface area contributed by atoms with E-state index in [0.717, 1.165) is 17.9 Å². The summed E-state index contributed by atoms with van der Waals surface area (Å²) in [5, 5.41) is 0. The lowest BCUT2D eigenvalue weighted by Gasteiger charge is -2.19. The number of nitrogen functional groups attached to an aromatic ring is 1. The Bertz CT molecular complexity index is 566. The van der Waals surface area contributed by atoms with Crippen LogP contribution in [0.2, 0.25) is 0 Å². The molecule has 0 spiro atoms. The highest BCUT2D eigenvalue weighted by molar-refractivity contribution is 5.81. The maximum absolute atomic E-state index is 6.15. The number of fused-ring (bicyclic) bond motifs is 1. The van der Waals surface area contributed by atoms with Crippen LogP contribution in [0.15, 0.2) is 18.2 Å². The van der Waals surface area contributed by atoms with E-state index in [9.17, 15) is 0 Å². The molecule has 2 aromatic rings. The molecule has 1 saturated carbocycles. The third kappa shape index (κ3) is 1.88. The average molecular weight is 243 g/mol. The van der Waals surface area contributed by atoms with Crippen LogP contribution in [0, 0.1) is 12.8 Å². The molecule has 3 rings (SSSR count). The molecule has 1 atom stereocenters. The van der Waals surface area contributed by atoms with Gasteiger partial charge in [-0.25, -0.2) is 4.98 Å². The van der Waals surface area contributed by atoms with Crippen molar-refractivity contribution in [1.29, 1.82) is 0 Å². The second-order valence-electron chi connectivity index (χ2n) is 5.52. The van der Waals surface area contributed by atoms with Crippen molar-refractivity contribution in [3.05, 3.63) is 23.8 Å². The van der Waals surface area contributed by atoms with E-state index < -0.39 is 0 Å². The first-order chi connectivity index (χ1) is 8.70. The van der Waals surface area contributed by atoms with E-state index in [1.54, 1.807) is 0 Å². The van der Waals surface area contributed by atoms with Crippen molar-refractivity contribution in [1.82, 2.24) is 9.55 Å². The van der Waals surface area contributed by atoms with Crippen molar-refractivity contribution in [2.75, 3.05) is 5.73 Å². The fourth-order valence-electron chi connectivity index (χ4n) is 2.90. The molecule has 1 aromatic heterocycles. The van der Waals surface area contributed by atoms with Gasteiger partial charge in [0.15, 0.2) is 0 Å². The summed E-state index contributed by atoms with van der Waals surface area (Å²) in [5.41, 5.74) is 9.67. The lowest BCUT2D eigenvalue weighted by atomic mass is 10.1. The molecule has 1 unspecified atom stereocenters. The fraction of sp³-hybridized carbons (Fsp3) is 0.533. The van der Waals surface area contributed by atoms with Crippen molar-refractivity contribution >= 4 is 17.0 Å². The molecule has 1 heterocycles. The summed E-state index contributed by atoms with van der Waals surface area (Å²) in [6, 6.07) is 6.75. The molecular formula is C15H21N3. The number of anilines is 1. The zero-order chi connectivity index (χ0) is 12.7. The van der Waals surface area contributed by atoms with E-state index in [-0.39, 0.29) is 0 Å². The Balaban J connectivity index is 2.10. The largest absolute Gasteiger partial charge is 0.369 e. The minimum Gasteiger partial charge on any atom is -0.369 e. The standard InChI is InChI=1S/C15H21N3/c1-3-12(9-11-7-8-11)18-14-10(2)5-4-6-13(14)17-15(18)16/h4-6,11-12H,3,7-9H2,1-2H3,(H2,16,17). The number of para-hydroxylation sites is 1. The molecule has 0 bridgehead atoms. The van der Waals surface area contributed by atoms with Gasteiger partial charge in [0.2, 0.25) is 5.95 Å². The van der Waals surface area contributed by atoms with E-state index in [4.69, 9.17) is 5.73 Å². The van der Waals surface area contributed by atoms with Gasteiger partial charge in [-0.2, -0.15) is 0 Å². The number of aryl methyl sites for hydroxylation is 1. The molecule has 0 radical (unpaired) electrons. The zero-order valence-electron chi connectivity index (χ0n) is 11.2. The van der Waals surface area contributed by atoms with Gasteiger partial charge in [-0.3, -0.25) is 0 Å².